The van der Waals surface area contributed by atoms with Gasteiger partial charge in [0, 0.05) is 0 Å². The van der Waals surface area contributed by atoms with E-state index in [-0.39, 0.29) is 29.2 Å². The van der Waals surface area contributed by atoms with Gasteiger partial charge in [0.1, 0.15) is 0 Å². The topological polar surface area (TPSA) is 134 Å². The van der Waals surface area contributed by atoms with E-state index >= 15 is 0 Å². The first-order valence-corrected chi connectivity index (χ1v) is 6.42. The van der Waals surface area contributed by atoms with Crippen molar-refractivity contribution >= 4 is 21.6 Å². The molecule has 0 saturated carbocycles. The molecule has 94 valence electrons. The number of hydrogen-bond acceptors (Lipinski definition) is 8. The van der Waals surface area contributed by atoms with E-state index in [1.54, 1.807) is 0 Å². The molecule has 2 heterocycles. The van der Waals surface area contributed by atoms with Crippen molar-refractivity contribution in [2.75, 3.05) is 0 Å². The monoisotopic (exact) mass is 288 g/mol. The fourth-order valence-electron chi connectivity index (χ4n) is 0.915. The Morgan fingerprint density at radius 2 is 0.944 bits per heavy atom. The molecule has 0 aliphatic carbocycles. The van der Waals surface area contributed by atoms with Crippen molar-refractivity contribution in [3.8, 4) is 0 Å². The van der Waals surface area contributed by atoms with E-state index in [1.165, 1.54) is 0 Å². The molecule has 0 fully saturated rings. The average Bonchev–Trinajstić information content (AvgIpc) is 2.31. The molecule has 0 spiro atoms. The summed E-state index contributed by atoms with van der Waals surface area (Å²) in [5, 5.41) is 44.4. The minimum absolute atomic E-state index is 0.232. The van der Waals surface area contributed by atoms with Crippen LogP contribution in [0, 0.1) is 20.8 Å². The Labute approximate surface area is 107 Å². The maximum Gasteiger partial charge on any atom is 0.403 e. The zero-order valence-corrected chi connectivity index (χ0v) is 10.1. The molecule has 0 N–H and O–H groups in total. The first kappa shape index (κ1) is 12.4. The molecule has 18 heavy (non-hydrogen) atoms. The lowest BCUT2D eigenvalue weighted by molar-refractivity contribution is -0.815. The van der Waals surface area contributed by atoms with Gasteiger partial charge >= 0.3 is 35.6 Å². The normalized spacial score (nSPS) is 10.4. The fraction of sp³-hybridized carbons (Fsp3) is 0. The molecule has 0 unspecified atom stereocenters. The van der Waals surface area contributed by atoms with E-state index in [0.29, 0.717) is 21.6 Å². The van der Waals surface area contributed by atoms with E-state index in [1.807, 2.05) is 0 Å². The molecule has 0 atom stereocenters. The van der Waals surface area contributed by atoms with Crippen LogP contribution in [0.1, 0.15) is 0 Å². The fourth-order valence-corrected chi connectivity index (χ4v) is 2.88. The van der Waals surface area contributed by atoms with Crippen molar-refractivity contribution in [3.63, 3.8) is 0 Å². The summed E-state index contributed by atoms with van der Waals surface area (Å²) < 4.78 is 0.929. The lowest BCUT2D eigenvalue weighted by Crippen LogP contribution is -2.46. The molecule has 0 bridgehead atoms. The summed E-state index contributed by atoms with van der Waals surface area (Å²) in [7, 11) is 1.33. The van der Waals surface area contributed by atoms with E-state index in [9.17, 15) is 20.8 Å². The largest absolute Gasteiger partial charge is 0.675 e. The molecule has 0 radical (unpaired) electrons. The molecule has 2 rings (SSSR count). The van der Waals surface area contributed by atoms with Gasteiger partial charge in [0.15, 0.2) is 0 Å². The summed E-state index contributed by atoms with van der Waals surface area (Å²) in [6, 6.07) is 0. The summed E-state index contributed by atoms with van der Waals surface area (Å²) in [4.78, 5) is 6.74. The van der Waals surface area contributed by atoms with Gasteiger partial charge in [-0.1, -0.05) is 0 Å². The lowest BCUT2D eigenvalue weighted by atomic mass is 11.0. The standard InChI is InChI=1S/C6H4N6O4S2/c13-9-1-7-2-10(14)5(9)17-18-6-11(15)3-8-4-12(6)16/h1-4H. The minimum atomic E-state index is -0.271. The van der Waals surface area contributed by atoms with Crippen molar-refractivity contribution in [2.24, 2.45) is 0 Å². The molecule has 2 aromatic heterocycles. The predicted octanol–water partition coefficient (Wildman–Crippen LogP) is -2.19. The van der Waals surface area contributed by atoms with E-state index in [4.69, 9.17) is 0 Å². The summed E-state index contributed by atoms with van der Waals surface area (Å²) >= 11 is 0. The van der Waals surface area contributed by atoms with Crippen LogP contribution in [0.3, 0.4) is 0 Å². The second-order valence-corrected chi connectivity index (χ2v) is 4.86. The van der Waals surface area contributed by atoms with Gasteiger partial charge in [-0.2, -0.15) is 0 Å². The summed E-state index contributed by atoms with van der Waals surface area (Å²) in [6.07, 6.45) is 3.56. The summed E-state index contributed by atoms with van der Waals surface area (Å²) in [5.41, 5.74) is 0. The highest BCUT2D eigenvalue weighted by Gasteiger charge is 2.21. The van der Waals surface area contributed by atoms with Gasteiger partial charge in [-0.3, -0.25) is 0 Å². The Bertz CT molecular complexity index is 492. The molecule has 2 aromatic rings. The smallest absolute Gasteiger partial charge is 0.403 e. The third kappa shape index (κ3) is 2.43. The van der Waals surface area contributed by atoms with Gasteiger partial charge in [0.25, 0.3) is 0 Å². The highest BCUT2D eigenvalue weighted by atomic mass is 33.1. The molecular weight excluding hydrogens is 284 g/mol. The van der Waals surface area contributed by atoms with Crippen LogP contribution < -0.4 is 18.9 Å². The molecule has 12 heteroatoms. The van der Waals surface area contributed by atoms with Gasteiger partial charge in [-0.25, -0.2) is 0 Å². The molecule has 0 aliphatic heterocycles. The van der Waals surface area contributed by atoms with Crippen LogP contribution in [0.25, 0.3) is 0 Å². The number of hydrogen-bond donors (Lipinski definition) is 0. The number of rotatable bonds is 3. The Morgan fingerprint density at radius 3 is 1.22 bits per heavy atom. The molecule has 0 aromatic carbocycles. The molecule has 10 nitrogen and oxygen atoms in total. The molecular formula is C6H4N6O4S2. The number of aromatic nitrogens is 6. The Kier molecular flexibility index (Phi) is 3.47. The zero-order valence-electron chi connectivity index (χ0n) is 8.44. The first-order chi connectivity index (χ1) is 8.59. The van der Waals surface area contributed by atoms with Crippen LogP contribution >= 0.6 is 21.6 Å². The second kappa shape index (κ2) is 5.05. The lowest BCUT2D eigenvalue weighted by Gasteiger charge is -2.07. The highest BCUT2D eigenvalue weighted by molar-refractivity contribution is 8.76. The summed E-state index contributed by atoms with van der Waals surface area (Å²) in [5.74, 6) is 0. The maximum absolute atomic E-state index is 11.2. The molecule has 0 saturated heterocycles. The van der Waals surface area contributed by atoms with Gasteiger partial charge < -0.3 is 20.8 Å². The Balaban J connectivity index is 2.22. The van der Waals surface area contributed by atoms with E-state index < -0.39 is 0 Å². The van der Waals surface area contributed by atoms with Crippen LogP contribution in [0.15, 0.2) is 35.6 Å². The SMILES string of the molecule is [O-][n+]1cnc[n+]([O-])c1SSc1[n+]([O-])cnc[n+]1[O-]. The van der Waals surface area contributed by atoms with Crippen LogP contribution in [0.4, 0.5) is 0 Å². The first-order valence-electron chi connectivity index (χ1n) is 4.27. The summed E-state index contributed by atoms with van der Waals surface area (Å²) in [6.45, 7) is 0. The molecule has 0 aliphatic rings. The van der Waals surface area contributed by atoms with E-state index in [2.05, 4.69) is 9.97 Å². The second-order valence-electron chi connectivity index (χ2n) is 2.80. The van der Waals surface area contributed by atoms with Crippen LogP contribution in [-0.2, 0) is 0 Å². The molecule has 0 amide bonds. The average molecular weight is 288 g/mol. The van der Waals surface area contributed by atoms with Crippen LogP contribution in [0.5, 0.6) is 0 Å². The van der Waals surface area contributed by atoms with Crippen molar-refractivity contribution < 1.29 is 18.9 Å². The van der Waals surface area contributed by atoms with Gasteiger partial charge in [-0.15, -0.1) is 18.9 Å². The Morgan fingerprint density at radius 1 is 0.667 bits per heavy atom. The zero-order chi connectivity index (χ0) is 13.1. The van der Waals surface area contributed by atoms with Crippen molar-refractivity contribution in [1.82, 2.24) is 9.97 Å². The number of nitrogens with zero attached hydrogens (tertiary/aromatic N) is 6. The maximum atomic E-state index is 11.2. The van der Waals surface area contributed by atoms with Crippen LogP contribution in [0.2, 0.25) is 0 Å². The van der Waals surface area contributed by atoms with Gasteiger partial charge in [0.2, 0.25) is 0 Å². The third-order valence-electron chi connectivity index (χ3n) is 1.63. The quantitative estimate of drug-likeness (QED) is 0.353. The minimum Gasteiger partial charge on any atom is -0.675 e. The Hall–Kier alpha value is -2.08. The predicted molar refractivity (Wildman–Crippen MR) is 56.0 cm³/mol. The van der Waals surface area contributed by atoms with Gasteiger partial charge in [-0.05, 0) is 0 Å². The van der Waals surface area contributed by atoms with Crippen LogP contribution in [-0.4, -0.2) is 9.97 Å². The van der Waals surface area contributed by atoms with Crippen molar-refractivity contribution in [2.45, 2.75) is 10.3 Å². The van der Waals surface area contributed by atoms with E-state index in [0.717, 1.165) is 25.3 Å². The van der Waals surface area contributed by atoms with Crippen molar-refractivity contribution in [3.05, 3.63) is 46.1 Å². The van der Waals surface area contributed by atoms with Crippen molar-refractivity contribution in [1.29, 1.82) is 0 Å². The third-order valence-corrected chi connectivity index (χ3v) is 3.88. The van der Waals surface area contributed by atoms with Gasteiger partial charge in [0.05, 0.1) is 31.6 Å². The highest BCUT2D eigenvalue weighted by Crippen LogP contribution is 2.29.